The fourth-order valence-electron chi connectivity index (χ4n) is 2.81. The molecule has 0 saturated heterocycles. The Labute approximate surface area is 159 Å². The summed E-state index contributed by atoms with van der Waals surface area (Å²) in [7, 11) is 8.02. The monoisotopic (exact) mass is 369 g/mol. The number of fused-ring (bicyclic) bond motifs is 2. The first-order valence-electron chi connectivity index (χ1n) is 9.09. The molecule has 6 nitrogen and oxygen atoms in total. The Morgan fingerprint density at radius 2 is 1.22 bits per heavy atom. The normalized spacial score (nSPS) is 11.6. The highest BCUT2D eigenvalue weighted by Crippen LogP contribution is 2.23. The fraction of sp³-hybridized carbons (Fsp3) is 0.381. The average Bonchev–Trinajstić information content (AvgIpc) is 2.61. The van der Waals surface area contributed by atoms with Crippen molar-refractivity contribution in [3.63, 3.8) is 0 Å². The molecule has 0 aliphatic heterocycles. The van der Waals surface area contributed by atoms with Crippen molar-refractivity contribution in [2.75, 3.05) is 54.5 Å². The number of benzene rings is 2. The van der Waals surface area contributed by atoms with Crippen LogP contribution in [0.25, 0.3) is 21.8 Å². The molecule has 6 heteroatoms. The van der Waals surface area contributed by atoms with Gasteiger partial charge in [0.15, 0.2) is 5.43 Å². The van der Waals surface area contributed by atoms with Gasteiger partial charge in [0.25, 0.3) is 0 Å². The Balaban J connectivity index is 1.89. The third-order valence-corrected chi connectivity index (χ3v) is 4.36. The number of pyridine rings is 1. The molecular formula is C21H27N3O3. The minimum Gasteiger partial charge on any atom is -0.492 e. The first-order valence-corrected chi connectivity index (χ1v) is 9.09. The second-order valence-corrected chi connectivity index (χ2v) is 7.17. The molecule has 1 heterocycles. The Kier molecular flexibility index (Phi) is 5.98. The average molecular weight is 369 g/mol. The van der Waals surface area contributed by atoms with E-state index in [9.17, 15) is 4.79 Å². The molecule has 0 atom stereocenters. The molecule has 0 fully saturated rings. The molecule has 0 saturated carbocycles. The van der Waals surface area contributed by atoms with Crippen LogP contribution in [0.4, 0.5) is 0 Å². The first-order chi connectivity index (χ1) is 12.9. The van der Waals surface area contributed by atoms with Gasteiger partial charge in [-0.2, -0.15) is 0 Å². The van der Waals surface area contributed by atoms with Crippen LogP contribution in [0, 0.1) is 0 Å². The third-order valence-electron chi connectivity index (χ3n) is 4.36. The van der Waals surface area contributed by atoms with Crippen molar-refractivity contribution in [1.29, 1.82) is 0 Å². The number of aromatic nitrogens is 1. The number of aromatic amines is 1. The van der Waals surface area contributed by atoms with Crippen molar-refractivity contribution in [2.24, 2.45) is 0 Å². The highest BCUT2D eigenvalue weighted by molar-refractivity contribution is 5.93. The molecule has 3 aromatic rings. The third kappa shape index (κ3) is 4.78. The number of likely N-dealkylation sites (N-methyl/N-ethyl adjacent to an activating group) is 2. The summed E-state index contributed by atoms with van der Waals surface area (Å²) in [5.41, 5.74) is 1.54. The van der Waals surface area contributed by atoms with Gasteiger partial charge in [-0.25, -0.2) is 0 Å². The SMILES string of the molecule is CN(C)CCOc1ccc2c(=O)c3ccc(OCCN(C)C)cc3[nH]c2c1. The van der Waals surface area contributed by atoms with Gasteiger partial charge in [0.05, 0.1) is 11.0 Å². The second kappa shape index (κ2) is 8.41. The molecular weight excluding hydrogens is 342 g/mol. The predicted octanol–water partition coefficient (Wildman–Crippen LogP) is 2.56. The number of rotatable bonds is 8. The van der Waals surface area contributed by atoms with E-state index in [0.29, 0.717) is 24.0 Å². The van der Waals surface area contributed by atoms with Gasteiger partial charge in [0.2, 0.25) is 0 Å². The molecule has 0 radical (unpaired) electrons. The molecule has 27 heavy (non-hydrogen) atoms. The van der Waals surface area contributed by atoms with Gasteiger partial charge in [-0.3, -0.25) is 4.79 Å². The Bertz CT molecular complexity index is 904. The first kappa shape index (κ1) is 19.2. The summed E-state index contributed by atoms with van der Waals surface area (Å²) in [4.78, 5) is 20.3. The van der Waals surface area contributed by atoms with Crippen LogP contribution in [0.1, 0.15) is 0 Å². The summed E-state index contributed by atoms with van der Waals surface area (Å²) in [5, 5.41) is 1.31. The number of hydrogen-bond donors (Lipinski definition) is 1. The van der Waals surface area contributed by atoms with Gasteiger partial charge >= 0.3 is 0 Å². The van der Waals surface area contributed by atoms with Crippen molar-refractivity contribution in [3.05, 3.63) is 46.6 Å². The molecule has 2 aromatic carbocycles. The molecule has 0 unspecified atom stereocenters. The van der Waals surface area contributed by atoms with Crippen molar-refractivity contribution in [3.8, 4) is 11.5 Å². The zero-order valence-corrected chi connectivity index (χ0v) is 16.4. The summed E-state index contributed by atoms with van der Waals surface area (Å²) < 4.78 is 11.6. The van der Waals surface area contributed by atoms with Gasteiger partial charge < -0.3 is 24.3 Å². The lowest BCUT2D eigenvalue weighted by Gasteiger charge is -2.12. The fourth-order valence-corrected chi connectivity index (χ4v) is 2.81. The molecule has 0 bridgehead atoms. The number of H-pyrrole nitrogens is 1. The van der Waals surface area contributed by atoms with Crippen molar-refractivity contribution >= 4 is 21.8 Å². The molecule has 1 N–H and O–H groups in total. The van der Waals surface area contributed by atoms with Crippen LogP contribution >= 0.6 is 0 Å². The summed E-state index contributed by atoms with van der Waals surface area (Å²) in [5.74, 6) is 1.50. The summed E-state index contributed by atoms with van der Waals surface area (Å²) in [6, 6.07) is 11.1. The van der Waals surface area contributed by atoms with Crippen molar-refractivity contribution in [1.82, 2.24) is 14.8 Å². The van der Waals surface area contributed by atoms with Gasteiger partial charge in [-0.15, -0.1) is 0 Å². The Morgan fingerprint density at radius 1 is 0.778 bits per heavy atom. The minimum absolute atomic E-state index is 0.0124. The van der Waals surface area contributed by atoms with Crippen LogP contribution in [-0.2, 0) is 0 Å². The maximum Gasteiger partial charge on any atom is 0.197 e. The quantitative estimate of drug-likeness (QED) is 0.619. The molecule has 144 valence electrons. The predicted molar refractivity (Wildman–Crippen MR) is 110 cm³/mol. The van der Waals surface area contributed by atoms with Crippen LogP contribution in [0.2, 0.25) is 0 Å². The van der Waals surface area contributed by atoms with Crippen LogP contribution < -0.4 is 14.9 Å². The number of hydrogen-bond acceptors (Lipinski definition) is 5. The molecule has 0 amide bonds. The van der Waals surface area contributed by atoms with Crippen molar-refractivity contribution in [2.45, 2.75) is 0 Å². The van der Waals surface area contributed by atoms with Gasteiger partial charge in [0.1, 0.15) is 24.7 Å². The summed E-state index contributed by atoms with van der Waals surface area (Å²) in [6.07, 6.45) is 0. The standard InChI is InChI=1S/C21H27N3O3/c1-23(2)9-11-26-15-5-7-17-19(13-15)22-20-14-16(27-12-10-24(3)4)6-8-18(20)21(17)25/h5-8,13-14H,9-12H2,1-4H3,(H,22,25). The highest BCUT2D eigenvalue weighted by Gasteiger charge is 2.08. The smallest absolute Gasteiger partial charge is 0.197 e. The second-order valence-electron chi connectivity index (χ2n) is 7.17. The van der Waals surface area contributed by atoms with Gasteiger partial charge in [-0.05, 0) is 52.5 Å². The van der Waals surface area contributed by atoms with E-state index < -0.39 is 0 Å². The van der Waals surface area contributed by atoms with Gasteiger partial charge in [-0.1, -0.05) is 0 Å². The maximum atomic E-state index is 12.8. The van der Waals surface area contributed by atoms with Crippen LogP contribution in [0.3, 0.4) is 0 Å². The number of ether oxygens (including phenoxy) is 2. The van der Waals surface area contributed by atoms with E-state index in [1.807, 2.05) is 64.6 Å². The molecule has 0 spiro atoms. The van der Waals surface area contributed by atoms with Gasteiger partial charge in [0, 0.05) is 36.0 Å². The van der Waals surface area contributed by atoms with E-state index in [4.69, 9.17) is 9.47 Å². The minimum atomic E-state index is 0.0124. The van der Waals surface area contributed by atoms with Crippen molar-refractivity contribution < 1.29 is 9.47 Å². The lowest BCUT2D eigenvalue weighted by atomic mass is 10.1. The van der Waals surface area contributed by atoms with E-state index >= 15 is 0 Å². The van der Waals surface area contributed by atoms with E-state index in [1.165, 1.54) is 0 Å². The zero-order valence-electron chi connectivity index (χ0n) is 16.4. The largest absolute Gasteiger partial charge is 0.492 e. The zero-order chi connectivity index (χ0) is 19.4. The lowest BCUT2D eigenvalue weighted by Crippen LogP contribution is -2.19. The van der Waals surface area contributed by atoms with Crippen LogP contribution in [-0.4, -0.2) is 69.3 Å². The number of nitrogens with zero attached hydrogens (tertiary/aromatic N) is 2. The molecule has 1 aromatic heterocycles. The maximum absolute atomic E-state index is 12.8. The summed E-state index contributed by atoms with van der Waals surface area (Å²) >= 11 is 0. The van der Waals surface area contributed by atoms with E-state index in [0.717, 1.165) is 35.6 Å². The van der Waals surface area contributed by atoms with Crippen LogP contribution in [0.15, 0.2) is 41.2 Å². The summed E-state index contributed by atoms with van der Waals surface area (Å²) in [6.45, 7) is 2.86. The molecule has 0 aliphatic carbocycles. The Morgan fingerprint density at radius 3 is 1.63 bits per heavy atom. The lowest BCUT2D eigenvalue weighted by molar-refractivity contribution is 0.261. The number of nitrogens with one attached hydrogen (secondary N) is 1. The Hall–Kier alpha value is -2.57. The molecule has 0 aliphatic rings. The molecule has 3 rings (SSSR count). The topological polar surface area (TPSA) is 57.8 Å². The van der Waals surface area contributed by atoms with E-state index in [-0.39, 0.29) is 5.43 Å². The van der Waals surface area contributed by atoms with Crippen LogP contribution in [0.5, 0.6) is 11.5 Å². The van der Waals surface area contributed by atoms with E-state index in [1.54, 1.807) is 0 Å². The van der Waals surface area contributed by atoms with E-state index in [2.05, 4.69) is 14.8 Å². The highest BCUT2D eigenvalue weighted by atomic mass is 16.5.